The molecule has 1 aliphatic rings. The predicted octanol–water partition coefficient (Wildman–Crippen LogP) is 2.89. The molecule has 0 radical (unpaired) electrons. The number of halogens is 4. The highest BCUT2D eigenvalue weighted by Crippen LogP contribution is 2.19. The summed E-state index contributed by atoms with van der Waals surface area (Å²) in [4.78, 5) is 18.2. The molecule has 1 fully saturated rings. The average Bonchev–Trinajstić information content (AvgIpc) is 2.74. The molecule has 7 nitrogen and oxygen atoms in total. The molecule has 4 N–H and O–H groups in total. The summed E-state index contributed by atoms with van der Waals surface area (Å²) in [6.07, 6.45) is -1.59. The van der Waals surface area contributed by atoms with Gasteiger partial charge in [-0.05, 0) is 57.0 Å². The molecule has 1 aliphatic heterocycles. The van der Waals surface area contributed by atoms with Crippen LogP contribution in [-0.4, -0.2) is 62.3 Å². The topological polar surface area (TPSA) is 92.0 Å². The minimum absolute atomic E-state index is 0. The van der Waals surface area contributed by atoms with Crippen molar-refractivity contribution in [2.24, 2.45) is 16.6 Å². The summed E-state index contributed by atoms with van der Waals surface area (Å²) in [7, 11) is 0. The lowest BCUT2D eigenvalue weighted by atomic mass is 9.97. The zero-order chi connectivity index (χ0) is 22.7. The normalized spacial score (nSPS) is 17.4. The highest BCUT2D eigenvalue weighted by atomic mass is 127. The van der Waals surface area contributed by atoms with Crippen molar-refractivity contribution in [1.29, 1.82) is 0 Å². The molecule has 1 atom stereocenters. The number of aliphatic imine (C=N–C) groups is 1. The quantitative estimate of drug-likeness (QED) is 0.174. The number of nitrogens with one attached hydrogen (secondary N) is 2. The van der Waals surface area contributed by atoms with Crippen molar-refractivity contribution >= 4 is 35.8 Å². The van der Waals surface area contributed by atoms with Crippen LogP contribution < -0.4 is 21.1 Å². The second-order valence-corrected chi connectivity index (χ2v) is 7.57. The summed E-state index contributed by atoms with van der Waals surface area (Å²) in [5, 5.41) is 6.46. The molecule has 0 aliphatic carbocycles. The molecular formula is C21H33F3IN5O2. The smallest absolute Gasteiger partial charge is 0.422 e. The zero-order valence-electron chi connectivity index (χ0n) is 18.3. The van der Waals surface area contributed by atoms with Gasteiger partial charge in [-0.25, -0.2) is 4.99 Å². The van der Waals surface area contributed by atoms with Crippen LogP contribution in [0.15, 0.2) is 29.3 Å². The summed E-state index contributed by atoms with van der Waals surface area (Å²) in [6.45, 7) is 5.10. The molecule has 0 bridgehead atoms. The largest absolute Gasteiger partial charge is 0.484 e. The van der Waals surface area contributed by atoms with E-state index in [2.05, 4.69) is 20.5 Å². The van der Waals surface area contributed by atoms with Crippen molar-refractivity contribution in [2.75, 3.05) is 39.3 Å². The lowest BCUT2D eigenvalue weighted by molar-refractivity contribution is -0.153. The molecule has 11 heteroatoms. The average molecular weight is 571 g/mol. The Balaban J connectivity index is 0.00000512. The van der Waals surface area contributed by atoms with E-state index < -0.39 is 12.8 Å². The lowest BCUT2D eigenvalue weighted by Crippen LogP contribution is -2.43. The molecule has 182 valence electrons. The number of amides is 1. The molecule has 0 spiro atoms. The minimum Gasteiger partial charge on any atom is -0.484 e. The monoisotopic (exact) mass is 571 g/mol. The predicted molar refractivity (Wildman–Crippen MR) is 129 cm³/mol. The summed E-state index contributed by atoms with van der Waals surface area (Å²) < 4.78 is 41.3. The SMILES string of the molecule is CCNC(=NCc1ccc(OCC(F)(F)F)cc1)NCCCN1CCCC(C(N)=O)C1.I. The van der Waals surface area contributed by atoms with Gasteiger partial charge in [-0.2, -0.15) is 13.2 Å². The van der Waals surface area contributed by atoms with Crippen LogP contribution in [0, 0.1) is 5.92 Å². The summed E-state index contributed by atoms with van der Waals surface area (Å²) >= 11 is 0. The van der Waals surface area contributed by atoms with Gasteiger partial charge in [0.2, 0.25) is 5.91 Å². The number of rotatable bonds is 10. The van der Waals surface area contributed by atoms with E-state index in [-0.39, 0.29) is 41.6 Å². The van der Waals surface area contributed by atoms with Crippen molar-refractivity contribution < 1.29 is 22.7 Å². The Kier molecular flexibility index (Phi) is 12.7. The molecule has 32 heavy (non-hydrogen) atoms. The van der Waals surface area contributed by atoms with Crippen LogP contribution in [0.2, 0.25) is 0 Å². The first kappa shape index (κ1) is 28.3. The van der Waals surface area contributed by atoms with Crippen molar-refractivity contribution in [3.63, 3.8) is 0 Å². The maximum absolute atomic E-state index is 12.2. The van der Waals surface area contributed by atoms with Crippen molar-refractivity contribution in [1.82, 2.24) is 15.5 Å². The first-order valence-electron chi connectivity index (χ1n) is 10.6. The Bertz CT molecular complexity index is 716. The molecule has 1 aromatic carbocycles. The molecule has 2 rings (SSSR count). The number of nitrogens with two attached hydrogens (primary N) is 1. The first-order valence-corrected chi connectivity index (χ1v) is 10.6. The molecule has 1 aromatic rings. The van der Waals surface area contributed by atoms with Crippen LogP contribution in [0.5, 0.6) is 5.75 Å². The molecule has 1 unspecified atom stereocenters. The van der Waals surface area contributed by atoms with Crippen LogP contribution in [0.1, 0.15) is 31.7 Å². The Hall–Kier alpha value is -1.76. The number of nitrogens with zero attached hydrogens (tertiary/aromatic N) is 2. The van der Waals surface area contributed by atoms with Crippen molar-refractivity contribution in [3.05, 3.63) is 29.8 Å². The second kappa shape index (κ2) is 14.4. The van der Waals surface area contributed by atoms with E-state index in [0.29, 0.717) is 19.0 Å². The number of ether oxygens (including phenoxy) is 1. The highest BCUT2D eigenvalue weighted by molar-refractivity contribution is 14.0. The van der Waals surface area contributed by atoms with E-state index in [9.17, 15) is 18.0 Å². The van der Waals surface area contributed by atoms with Gasteiger partial charge in [0, 0.05) is 19.6 Å². The van der Waals surface area contributed by atoms with Crippen LogP contribution in [0.3, 0.4) is 0 Å². The number of piperidine rings is 1. The van der Waals surface area contributed by atoms with Crippen molar-refractivity contribution in [2.45, 2.75) is 38.9 Å². The summed E-state index contributed by atoms with van der Waals surface area (Å²) in [6, 6.07) is 6.42. The van der Waals surface area contributed by atoms with Gasteiger partial charge in [-0.3, -0.25) is 4.79 Å². The molecule has 0 saturated carbocycles. The van der Waals surface area contributed by atoms with E-state index in [1.807, 2.05) is 6.92 Å². The minimum atomic E-state index is -4.35. The summed E-state index contributed by atoms with van der Waals surface area (Å²) in [5.74, 6) is 0.579. The second-order valence-electron chi connectivity index (χ2n) is 7.57. The van der Waals surface area contributed by atoms with Gasteiger partial charge in [0.25, 0.3) is 0 Å². The Morgan fingerprint density at radius 1 is 1.28 bits per heavy atom. The standard InChI is InChI=1S/C21H32F3N5O2.HI/c1-2-26-20(27-10-4-12-29-11-3-5-17(14-29)19(25)30)28-13-16-6-8-18(9-7-16)31-15-21(22,23)24;/h6-9,17H,2-5,10-15H2,1H3,(H2,25,30)(H2,26,27,28);1H. The number of carbonyl (C=O) groups excluding carboxylic acids is 1. The number of likely N-dealkylation sites (tertiary alicyclic amines) is 1. The fourth-order valence-electron chi connectivity index (χ4n) is 3.37. The van der Waals surface area contributed by atoms with E-state index in [0.717, 1.165) is 51.0 Å². The van der Waals surface area contributed by atoms with Gasteiger partial charge in [0.1, 0.15) is 5.75 Å². The van der Waals surface area contributed by atoms with Crippen LogP contribution in [0.25, 0.3) is 0 Å². The summed E-state index contributed by atoms with van der Waals surface area (Å²) in [5.41, 5.74) is 6.29. The van der Waals surface area contributed by atoms with Gasteiger partial charge in [-0.1, -0.05) is 12.1 Å². The fraction of sp³-hybridized carbons (Fsp3) is 0.619. The number of carbonyl (C=O) groups is 1. The number of benzene rings is 1. The number of primary amides is 1. The van der Waals surface area contributed by atoms with E-state index in [1.54, 1.807) is 12.1 Å². The molecule has 0 aromatic heterocycles. The molecule has 1 heterocycles. The van der Waals surface area contributed by atoms with E-state index in [4.69, 9.17) is 10.5 Å². The van der Waals surface area contributed by atoms with Crippen molar-refractivity contribution in [3.8, 4) is 5.75 Å². The highest BCUT2D eigenvalue weighted by Gasteiger charge is 2.28. The Morgan fingerprint density at radius 2 is 2.00 bits per heavy atom. The number of hydrogen-bond donors (Lipinski definition) is 3. The molecule has 1 amide bonds. The zero-order valence-corrected chi connectivity index (χ0v) is 20.6. The van der Waals surface area contributed by atoms with Crippen LogP contribution in [0.4, 0.5) is 13.2 Å². The third kappa shape index (κ3) is 11.2. The van der Waals surface area contributed by atoms with E-state index >= 15 is 0 Å². The number of alkyl halides is 3. The van der Waals surface area contributed by atoms with Gasteiger partial charge < -0.3 is 26.0 Å². The van der Waals surface area contributed by atoms with Crippen LogP contribution >= 0.6 is 24.0 Å². The first-order chi connectivity index (χ1) is 14.8. The maximum atomic E-state index is 12.2. The Morgan fingerprint density at radius 3 is 2.62 bits per heavy atom. The van der Waals surface area contributed by atoms with Gasteiger partial charge >= 0.3 is 6.18 Å². The number of hydrogen-bond acceptors (Lipinski definition) is 4. The third-order valence-corrected chi connectivity index (χ3v) is 4.94. The van der Waals surface area contributed by atoms with Gasteiger partial charge in [0.15, 0.2) is 12.6 Å². The molecular weight excluding hydrogens is 538 g/mol. The number of guanidine groups is 1. The van der Waals surface area contributed by atoms with Gasteiger partial charge in [0.05, 0.1) is 12.5 Å². The lowest BCUT2D eigenvalue weighted by Gasteiger charge is -2.31. The fourth-order valence-corrected chi connectivity index (χ4v) is 3.37. The maximum Gasteiger partial charge on any atom is 0.422 e. The molecule has 1 saturated heterocycles. The third-order valence-electron chi connectivity index (χ3n) is 4.94. The Labute approximate surface area is 204 Å². The van der Waals surface area contributed by atoms with E-state index in [1.165, 1.54) is 12.1 Å². The van der Waals surface area contributed by atoms with Gasteiger partial charge in [-0.15, -0.1) is 24.0 Å². The van der Waals surface area contributed by atoms with Crippen LogP contribution in [-0.2, 0) is 11.3 Å².